The molecule has 18 heavy (non-hydrogen) atoms. The van der Waals surface area contributed by atoms with Gasteiger partial charge in [0, 0.05) is 11.1 Å². The van der Waals surface area contributed by atoms with Crippen LogP contribution in [0.25, 0.3) is 0 Å². The number of hydrogen-bond donors (Lipinski definition) is 0. The minimum Gasteiger partial charge on any atom is -0.462 e. The van der Waals surface area contributed by atoms with E-state index < -0.39 is 0 Å². The van der Waals surface area contributed by atoms with E-state index >= 15 is 0 Å². The summed E-state index contributed by atoms with van der Waals surface area (Å²) in [5, 5.41) is 0. The largest absolute Gasteiger partial charge is 0.462 e. The average molecular weight is 255 g/mol. The SMILES string of the molecule is C=C(C)C(=O)OCCCCCCN(C)C(C)(C)C. The molecule has 106 valence electrons. The summed E-state index contributed by atoms with van der Waals surface area (Å²) in [4.78, 5) is 13.5. The van der Waals surface area contributed by atoms with E-state index in [2.05, 4.69) is 39.3 Å². The Balaban J connectivity index is 3.42. The van der Waals surface area contributed by atoms with E-state index in [1.54, 1.807) is 6.92 Å². The predicted octanol–water partition coefficient (Wildman–Crippen LogP) is 3.40. The van der Waals surface area contributed by atoms with Gasteiger partial charge in [-0.3, -0.25) is 0 Å². The van der Waals surface area contributed by atoms with Gasteiger partial charge < -0.3 is 9.64 Å². The van der Waals surface area contributed by atoms with Crippen molar-refractivity contribution in [3.8, 4) is 0 Å². The molecule has 0 aliphatic rings. The standard InChI is InChI=1S/C15H29NO2/c1-13(2)14(17)18-12-10-8-7-9-11-16(6)15(3,4)5/h1,7-12H2,2-6H3. The molecule has 0 amide bonds. The zero-order valence-electron chi connectivity index (χ0n) is 12.7. The fourth-order valence-corrected chi connectivity index (χ4v) is 1.43. The van der Waals surface area contributed by atoms with Gasteiger partial charge in [-0.25, -0.2) is 4.79 Å². The number of nitrogens with zero attached hydrogens (tertiary/aromatic N) is 1. The molecule has 0 aliphatic heterocycles. The van der Waals surface area contributed by atoms with Crippen molar-refractivity contribution >= 4 is 5.97 Å². The summed E-state index contributed by atoms with van der Waals surface area (Å²) in [5.41, 5.74) is 0.721. The maximum absolute atomic E-state index is 11.1. The Morgan fingerprint density at radius 2 is 1.72 bits per heavy atom. The zero-order valence-corrected chi connectivity index (χ0v) is 12.7. The fraction of sp³-hybridized carbons (Fsp3) is 0.800. The Bertz CT molecular complexity index is 266. The van der Waals surface area contributed by atoms with Crippen LogP contribution >= 0.6 is 0 Å². The lowest BCUT2D eigenvalue weighted by Gasteiger charge is -2.31. The first kappa shape index (κ1) is 17.2. The lowest BCUT2D eigenvalue weighted by molar-refractivity contribution is -0.139. The van der Waals surface area contributed by atoms with Gasteiger partial charge in [-0.2, -0.15) is 0 Å². The Kier molecular flexibility index (Phi) is 7.92. The van der Waals surface area contributed by atoms with Crippen LogP contribution in [-0.4, -0.2) is 36.6 Å². The number of carbonyl (C=O) groups is 1. The van der Waals surface area contributed by atoms with Crippen molar-refractivity contribution in [1.29, 1.82) is 0 Å². The van der Waals surface area contributed by atoms with Crippen LogP contribution < -0.4 is 0 Å². The number of carbonyl (C=O) groups excluding carboxylic acids is 1. The van der Waals surface area contributed by atoms with Crippen LogP contribution in [0.3, 0.4) is 0 Å². The maximum atomic E-state index is 11.1. The molecule has 0 N–H and O–H groups in total. The molecule has 0 rings (SSSR count). The molecule has 0 radical (unpaired) electrons. The van der Waals surface area contributed by atoms with Gasteiger partial charge in [-0.15, -0.1) is 0 Å². The van der Waals surface area contributed by atoms with Crippen LogP contribution in [-0.2, 0) is 9.53 Å². The van der Waals surface area contributed by atoms with Crippen molar-refractivity contribution in [1.82, 2.24) is 4.90 Å². The minimum absolute atomic E-state index is 0.247. The van der Waals surface area contributed by atoms with Crippen LogP contribution in [0.15, 0.2) is 12.2 Å². The second-order valence-electron chi connectivity index (χ2n) is 5.92. The molecule has 0 saturated carbocycles. The predicted molar refractivity (Wildman–Crippen MR) is 76.6 cm³/mol. The second kappa shape index (κ2) is 8.30. The summed E-state index contributed by atoms with van der Waals surface area (Å²) in [6.07, 6.45) is 4.44. The lowest BCUT2D eigenvalue weighted by Crippen LogP contribution is -2.38. The van der Waals surface area contributed by atoms with Gasteiger partial charge in [0.05, 0.1) is 6.61 Å². The van der Waals surface area contributed by atoms with Gasteiger partial charge in [-0.05, 0) is 54.1 Å². The number of hydrogen-bond acceptors (Lipinski definition) is 3. The third kappa shape index (κ3) is 8.29. The molecular formula is C15H29NO2. The minimum atomic E-state index is -0.275. The number of ether oxygens (including phenoxy) is 1. The van der Waals surface area contributed by atoms with E-state index in [4.69, 9.17) is 4.74 Å². The molecule has 0 bridgehead atoms. The molecule has 0 saturated heterocycles. The van der Waals surface area contributed by atoms with Crippen molar-refractivity contribution in [3.05, 3.63) is 12.2 Å². The van der Waals surface area contributed by atoms with Gasteiger partial charge in [0.1, 0.15) is 0 Å². The summed E-state index contributed by atoms with van der Waals surface area (Å²) in [5.74, 6) is -0.275. The van der Waals surface area contributed by atoms with E-state index in [0.717, 1.165) is 19.4 Å². The zero-order chi connectivity index (χ0) is 14.2. The highest BCUT2D eigenvalue weighted by atomic mass is 16.5. The quantitative estimate of drug-likeness (QED) is 0.378. The summed E-state index contributed by atoms with van der Waals surface area (Å²) in [7, 11) is 2.16. The van der Waals surface area contributed by atoms with E-state index in [0.29, 0.717) is 12.2 Å². The highest BCUT2D eigenvalue weighted by Gasteiger charge is 2.15. The molecule has 3 heteroatoms. The Morgan fingerprint density at radius 3 is 2.22 bits per heavy atom. The maximum Gasteiger partial charge on any atom is 0.333 e. The molecule has 0 spiro atoms. The first-order valence-electron chi connectivity index (χ1n) is 6.79. The number of rotatable bonds is 8. The van der Waals surface area contributed by atoms with Gasteiger partial charge in [0.25, 0.3) is 0 Å². The molecule has 0 unspecified atom stereocenters. The van der Waals surface area contributed by atoms with Crippen molar-refractivity contribution in [2.45, 2.75) is 58.9 Å². The normalized spacial score (nSPS) is 11.7. The van der Waals surface area contributed by atoms with Crippen molar-refractivity contribution in [2.24, 2.45) is 0 Å². The smallest absolute Gasteiger partial charge is 0.333 e. The summed E-state index contributed by atoms with van der Waals surface area (Å²) in [6.45, 7) is 13.5. The van der Waals surface area contributed by atoms with Gasteiger partial charge >= 0.3 is 5.97 Å². The van der Waals surface area contributed by atoms with Crippen molar-refractivity contribution in [2.75, 3.05) is 20.2 Å². The highest BCUT2D eigenvalue weighted by Crippen LogP contribution is 2.12. The van der Waals surface area contributed by atoms with Crippen LogP contribution in [0.5, 0.6) is 0 Å². The average Bonchev–Trinajstić information content (AvgIpc) is 2.25. The fourth-order valence-electron chi connectivity index (χ4n) is 1.43. The molecular weight excluding hydrogens is 226 g/mol. The molecule has 0 heterocycles. The monoisotopic (exact) mass is 255 g/mol. The van der Waals surface area contributed by atoms with E-state index in [1.165, 1.54) is 12.8 Å². The molecule has 0 aromatic heterocycles. The summed E-state index contributed by atoms with van der Waals surface area (Å²) >= 11 is 0. The third-order valence-electron chi connectivity index (χ3n) is 3.11. The van der Waals surface area contributed by atoms with Crippen LogP contribution in [0.2, 0.25) is 0 Å². The first-order valence-corrected chi connectivity index (χ1v) is 6.79. The lowest BCUT2D eigenvalue weighted by atomic mass is 10.1. The van der Waals surface area contributed by atoms with E-state index in [-0.39, 0.29) is 11.5 Å². The number of unbranched alkanes of at least 4 members (excludes halogenated alkanes) is 3. The van der Waals surface area contributed by atoms with Crippen molar-refractivity contribution < 1.29 is 9.53 Å². The third-order valence-corrected chi connectivity index (χ3v) is 3.11. The molecule has 0 aromatic carbocycles. The highest BCUT2D eigenvalue weighted by molar-refractivity contribution is 5.86. The second-order valence-corrected chi connectivity index (χ2v) is 5.92. The van der Waals surface area contributed by atoms with Gasteiger partial charge in [0.15, 0.2) is 0 Å². The van der Waals surface area contributed by atoms with Crippen LogP contribution in [0, 0.1) is 0 Å². The topological polar surface area (TPSA) is 29.5 Å². The Morgan fingerprint density at radius 1 is 1.17 bits per heavy atom. The van der Waals surface area contributed by atoms with E-state index in [1.807, 2.05) is 0 Å². The van der Waals surface area contributed by atoms with Crippen LogP contribution in [0.4, 0.5) is 0 Å². The van der Waals surface area contributed by atoms with Crippen LogP contribution in [0.1, 0.15) is 53.4 Å². The van der Waals surface area contributed by atoms with Gasteiger partial charge in [0.2, 0.25) is 0 Å². The molecule has 0 fully saturated rings. The molecule has 0 atom stereocenters. The van der Waals surface area contributed by atoms with E-state index in [9.17, 15) is 4.79 Å². The van der Waals surface area contributed by atoms with Crippen molar-refractivity contribution in [3.63, 3.8) is 0 Å². The summed E-state index contributed by atoms with van der Waals surface area (Å²) in [6, 6.07) is 0. The molecule has 0 aliphatic carbocycles. The van der Waals surface area contributed by atoms with Gasteiger partial charge in [-0.1, -0.05) is 19.4 Å². The molecule has 3 nitrogen and oxygen atoms in total. The summed E-state index contributed by atoms with van der Waals surface area (Å²) < 4.78 is 5.04. The Labute approximate surface area is 112 Å². The Hall–Kier alpha value is -0.830. The first-order chi connectivity index (χ1) is 8.25. The number of esters is 1. The molecule has 0 aromatic rings.